The van der Waals surface area contributed by atoms with E-state index < -0.39 is 8.32 Å². The topological polar surface area (TPSA) is 35.5 Å². The average Bonchev–Trinajstić information content (AvgIpc) is 2.44. The van der Waals surface area contributed by atoms with E-state index in [9.17, 15) is 4.79 Å². The second-order valence-electron chi connectivity index (χ2n) is 8.15. The number of carbonyl (C=O) groups excluding carboxylic acids is 1. The Morgan fingerprint density at radius 1 is 1.08 bits per heavy atom. The fourth-order valence-electron chi connectivity index (χ4n) is 2.25. The summed E-state index contributed by atoms with van der Waals surface area (Å²) in [6, 6.07) is 0. The smallest absolute Gasteiger partial charge is 0.305 e. The van der Waals surface area contributed by atoms with E-state index in [0.29, 0.717) is 19.1 Å². The molecule has 4 heteroatoms. The molecule has 0 spiro atoms. The average molecular weight is 357 g/mol. The van der Waals surface area contributed by atoms with Gasteiger partial charge < -0.3 is 9.16 Å². The Hall–Kier alpha value is -0.613. The van der Waals surface area contributed by atoms with Gasteiger partial charge in [0.25, 0.3) is 0 Å². The van der Waals surface area contributed by atoms with Crippen LogP contribution in [-0.2, 0) is 14.0 Å². The quantitative estimate of drug-likeness (QED) is 0.179. The zero-order valence-corrected chi connectivity index (χ0v) is 18.1. The van der Waals surface area contributed by atoms with Gasteiger partial charge in [0.05, 0.1) is 6.61 Å². The van der Waals surface area contributed by atoms with Crippen LogP contribution < -0.4 is 0 Å². The molecule has 0 N–H and O–H groups in total. The molecule has 3 nitrogen and oxygen atoms in total. The molecule has 0 fully saturated rings. The lowest BCUT2D eigenvalue weighted by Crippen LogP contribution is -2.43. The molecule has 0 bridgehead atoms. The summed E-state index contributed by atoms with van der Waals surface area (Å²) >= 11 is 0. The van der Waals surface area contributed by atoms with E-state index in [1.807, 2.05) is 6.92 Å². The Morgan fingerprint density at radius 2 is 1.71 bits per heavy atom. The molecule has 142 valence electrons. The molecular formula is C20H40O3Si. The Balaban J connectivity index is 3.71. The largest absolute Gasteiger partial charge is 0.466 e. The normalized spacial score (nSPS) is 14.1. The van der Waals surface area contributed by atoms with Gasteiger partial charge >= 0.3 is 5.97 Å². The van der Waals surface area contributed by atoms with Crippen LogP contribution in [0.15, 0.2) is 12.2 Å². The maximum Gasteiger partial charge on any atom is 0.305 e. The number of hydrogen-bond acceptors (Lipinski definition) is 3. The molecule has 1 atom stereocenters. The van der Waals surface area contributed by atoms with Crippen molar-refractivity contribution in [3.8, 4) is 0 Å². The summed E-state index contributed by atoms with van der Waals surface area (Å²) in [5.74, 6) is -0.0619. The predicted molar refractivity (Wildman–Crippen MR) is 106 cm³/mol. The lowest BCUT2D eigenvalue weighted by molar-refractivity contribution is -0.143. The molecule has 0 aliphatic heterocycles. The van der Waals surface area contributed by atoms with Crippen molar-refractivity contribution in [2.24, 2.45) is 0 Å². The Kier molecular flexibility index (Phi) is 11.6. The Bertz CT molecular complexity index is 370. The van der Waals surface area contributed by atoms with Crippen LogP contribution in [0.4, 0.5) is 0 Å². The standard InChI is InChI=1S/C20H40O3Si/c1-8-22-19(21)17-15-13-11-9-10-12-14-16-18(2)23-24(6,7)20(3,4)5/h12,14,18H,8-11,13,15-17H2,1-7H3/b14-12+. The van der Waals surface area contributed by atoms with Crippen molar-refractivity contribution in [3.63, 3.8) is 0 Å². The van der Waals surface area contributed by atoms with Gasteiger partial charge in [0.1, 0.15) is 0 Å². The molecule has 0 saturated carbocycles. The van der Waals surface area contributed by atoms with Crippen LogP contribution in [0.2, 0.25) is 18.1 Å². The first-order valence-corrected chi connectivity index (χ1v) is 12.5. The van der Waals surface area contributed by atoms with Crippen LogP contribution in [0.25, 0.3) is 0 Å². The van der Waals surface area contributed by atoms with Crippen LogP contribution in [-0.4, -0.2) is 27.0 Å². The lowest BCUT2D eigenvalue weighted by Gasteiger charge is -2.38. The minimum absolute atomic E-state index is 0.0619. The van der Waals surface area contributed by atoms with Crippen molar-refractivity contribution in [1.29, 1.82) is 0 Å². The maximum atomic E-state index is 11.2. The highest BCUT2D eigenvalue weighted by Crippen LogP contribution is 2.37. The Labute approximate surface area is 151 Å². The first-order valence-electron chi connectivity index (χ1n) is 9.58. The molecular weight excluding hydrogens is 316 g/mol. The van der Waals surface area contributed by atoms with E-state index in [-0.39, 0.29) is 11.0 Å². The number of rotatable bonds is 12. The third-order valence-electron chi connectivity index (χ3n) is 4.74. The third kappa shape index (κ3) is 11.0. The second kappa shape index (κ2) is 11.9. The third-order valence-corrected chi connectivity index (χ3v) is 9.35. The van der Waals surface area contributed by atoms with Crippen LogP contribution >= 0.6 is 0 Å². The van der Waals surface area contributed by atoms with Gasteiger partial charge in [-0.1, -0.05) is 45.8 Å². The predicted octanol–water partition coefficient (Wildman–Crippen LogP) is 6.25. The molecule has 24 heavy (non-hydrogen) atoms. The van der Waals surface area contributed by atoms with Gasteiger partial charge in [-0.15, -0.1) is 0 Å². The zero-order valence-electron chi connectivity index (χ0n) is 17.1. The highest BCUT2D eigenvalue weighted by Gasteiger charge is 2.38. The molecule has 0 saturated heterocycles. The summed E-state index contributed by atoms with van der Waals surface area (Å²) in [6.07, 6.45) is 11.9. The maximum absolute atomic E-state index is 11.2. The van der Waals surface area contributed by atoms with Gasteiger partial charge in [-0.2, -0.15) is 0 Å². The van der Waals surface area contributed by atoms with Crippen molar-refractivity contribution >= 4 is 14.3 Å². The van der Waals surface area contributed by atoms with E-state index in [0.717, 1.165) is 25.7 Å². The first kappa shape index (κ1) is 23.4. The molecule has 0 aliphatic carbocycles. The van der Waals surface area contributed by atoms with E-state index in [4.69, 9.17) is 9.16 Å². The molecule has 0 rings (SSSR count). The number of ether oxygens (including phenoxy) is 1. The first-order chi connectivity index (χ1) is 11.1. The van der Waals surface area contributed by atoms with Crippen LogP contribution in [0.1, 0.15) is 79.6 Å². The highest BCUT2D eigenvalue weighted by molar-refractivity contribution is 6.74. The minimum atomic E-state index is -1.65. The number of unbranched alkanes of at least 4 members (excludes halogenated alkanes) is 4. The van der Waals surface area contributed by atoms with Crippen LogP contribution in [0.3, 0.4) is 0 Å². The molecule has 0 aromatic rings. The zero-order chi connectivity index (χ0) is 18.6. The van der Waals surface area contributed by atoms with Crippen molar-refractivity contribution in [1.82, 2.24) is 0 Å². The monoisotopic (exact) mass is 356 g/mol. The van der Waals surface area contributed by atoms with Crippen molar-refractivity contribution in [3.05, 3.63) is 12.2 Å². The number of carbonyl (C=O) groups is 1. The SMILES string of the molecule is CCOC(=O)CCCCCC/C=C/CC(C)O[Si](C)(C)C(C)(C)C. The fourth-order valence-corrected chi connectivity index (χ4v) is 3.71. The molecule has 0 aliphatic rings. The van der Waals surface area contributed by atoms with Gasteiger partial charge in [0.15, 0.2) is 8.32 Å². The molecule has 0 radical (unpaired) electrons. The van der Waals surface area contributed by atoms with E-state index >= 15 is 0 Å². The molecule has 0 heterocycles. The van der Waals surface area contributed by atoms with Crippen LogP contribution in [0.5, 0.6) is 0 Å². The van der Waals surface area contributed by atoms with Crippen molar-refractivity contribution < 1.29 is 14.0 Å². The summed E-state index contributed by atoms with van der Waals surface area (Å²) in [5.41, 5.74) is 0. The molecule has 0 aromatic carbocycles. The van der Waals surface area contributed by atoms with E-state index in [1.54, 1.807) is 0 Å². The number of hydrogen-bond donors (Lipinski definition) is 0. The minimum Gasteiger partial charge on any atom is -0.466 e. The number of allylic oxidation sites excluding steroid dienone is 1. The van der Waals surface area contributed by atoms with Gasteiger partial charge in [-0.05, 0) is 57.7 Å². The summed E-state index contributed by atoms with van der Waals surface area (Å²) in [5, 5.41) is 0.272. The van der Waals surface area contributed by atoms with Gasteiger partial charge in [0, 0.05) is 12.5 Å². The summed E-state index contributed by atoms with van der Waals surface area (Å²) < 4.78 is 11.3. The van der Waals surface area contributed by atoms with Gasteiger partial charge in [-0.3, -0.25) is 4.79 Å². The fraction of sp³-hybridized carbons (Fsp3) is 0.850. The summed E-state index contributed by atoms with van der Waals surface area (Å²) in [4.78, 5) is 11.2. The molecule has 0 aromatic heterocycles. The summed E-state index contributed by atoms with van der Waals surface area (Å²) in [7, 11) is -1.65. The highest BCUT2D eigenvalue weighted by atomic mass is 28.4. The van der Waals surface area contributed by atoms with Gasteiger partial charge in [0.2, 0.25) is 0 Å². The Morgan fingerprint density at radius 3 is 2.29 bits per heavy atom. The van der Waals surface area contributed by atoms with Gasteiger partial charge in [-0.25, -0.2) is 0 Å². The number of esters is 1. The summed E-state index contributed by atoms with van der Waals surface area (Å²) in [6.45, 7) is 16.0. The van der Waals surface area contributed by atoms with Crippen molar-refractivity contribution in [2.75, 3.05) is 6.61 Å². The molecule has 1 unspecified atom stereocenters. The van der Waals surface area contributed by atoms with E-state index in [2.05, 4.69) is 52.9 Å². The second-order valence-corrected chi connectivity index (χ2v) is 12.9. The molecule has 0 amide bonds. The van der Waals surface area contributed by atoms with Crippen LogP contribution in [0, 0.1) is 0 Å². The van der Waals surface area contributed by atoms with Crippen molar-refractivity contribution in [2.45, 2.75) is 104 Å². The lowest BCUT2D eigenvalue weighted by atomic mass is 10.1. The van der Waals surface area contributed by atoms with E-state index in [1.165, 1.54) is 12.8 Å².